The fourth-order valence-electron chi connectivity index (χ4n) is 2.14. The van der Waals surface area contributed by atoms with Gasteiger partial charge in [0.1, 0.15) is 11.5 Å². The largest absolute Gasteiger partial charge is 0.465 e. The van der Waals surface area contributed by atoms with Crippen molar-refractivity contribution in [2.45, 2.75) is 65.8 Å². The molecule has 0 aliphatic rings. The molecule has 18 heavy (non-hydrogen) atoms. The number of unbranched alkanes of at least 4 members (excludes halogenated alkanes) is 3. The van der Waals surface area contributed by atoms with Crippen molar-refractivity contribution < 1.29 is 4.42 Å². The van der Waals surface area contributed by atoms with Crippen LogP contribution in [-0.4, -0.2) is 6.54 Å². The standard InChI is InChI=1S/C16H29NO/c1-13(2)9-7-5-6-8-12-17-15(4)16-11-10-14(3)18-16/h10-11,13,15,17H,5-9,12H2,1-4H3. The third kappa shape index (κ3) is 6.25. The van der Waals surface area contributed by atoms with Crippen molar-refractivity contribution in [1.29, 1.82) is 0 Å². The molecule has 1 aromatic rings. The number of aryl methyl sites for hydroxylation is 1. The van der Waals surface area contributed by atoms with Gasteiger partial charge < -0.3 is 9.73 Å². The zero-order valence-electron chi connectivity index (χ0n) is 12.5. The van der Waals surface area contributed by atoms with Crippen molar-refractivity contribution in [2.24, 2.45) is 5.92 Å². The van der Waals surface area contributed by atoms with Gasteiger partial charge in [-0.1, -0.05) is 39.5 Å². The minimum Gasteiger partial charge on any atom is -0.465 e. The molecule has 0 saturated heterocycles. The van der Waals surface area contributed by atoms with Crippen LogP contribution >= 0.6 is 0 Å². The van der Waals surface area contributed by atoms with Crippen LogP contribution in [-0.2, 0) is 0 Å². The van der Waals surface area contributed by atoms with Crippen LogP contribution in [0.5, 0.6) is 0 Å². The van der Waals surface area contributed by atoms with Crippen LogP contribution in [0.1, 0.15) is 70.4 Å². The molecule has 0 fully saturated rings. The predicted octanol–water partition coefficient (Wildman–Crippen LogP) is 4.85. The molecule has 0 saturated carbocycles. The van der Waals surface area contributed by atoms with E-state index in [9.17, 15) is 0 Å². The molecule has 2 heteroatoms. The molecule has 1 atom stereocenters. The van der Waals surface area contributed by atoms with Crippen LogP contribution in [0, 0.1) is 12.8 Å². The Balaban J connectivity index is 2.01. The molecule has 0 aliphatic heterocycles. The molecule has 1 unspecified atom stereocenters. The SMILES string of the molecule is Cc1ccc(C(C)NCCCCCCC(C)C)o1. The molecule has 0 aromatic carbocycles. The Morgan fingerprint density at radius 2 is 1.78 bits per heavy atom. The van der Waals surface area contributed by atoms with Crippen molar-refractivity contribution in [3.8, 4) is 0 Å². The van der Waals surface area contributed by atoms with Gasteiger partial charge in [-0.05, 0) is 44.9 Å². The zero-order valence-corrected chi connectivity index (χ0v) is 12.5. The van der Waals surface area contributed by atoms with E-state index in [2.05, 4.69) is 32.2 Å². The van der Waals surface area contributed by atoms with Gasteiger partial charge in [0.05, 0.1) is 6.04 Å². The van der Waals surface area contributed by atoms with Crippen LogP contribution in [0.4, 0.5) is 0 Å². The average Bonchev–Trinajstić information content (AvgIpc) is 2.74. The molecule has 1 heterocycles. The maximum atomic E-state index is 5.60. The van der Waals surface area contributed by atoms with Gasteiger partial charge in [-0.2, -0.15) is 0 Å². The van der Waals surface area contributed by atoms with E-state index >= 15 is 0 Å². The third-order valence-corrected chi connectivity index (χ3v) is 3.35. The number of hydrogen-bond donors (Lipinski definition) is 1. The van der Waals surface area contributed by atoms with E-state index in [0.29, 0.717) is 6.04 Å². The number of furan rings is 1. The van der Waals surface area contributed by atoms with E-state index in [1.54, 1.807) is 0 Å². The van der Waals surface area contributed by atoms with E-state index in [4.69, 9.17) is 4.42 Å². The summed E-state index contributed by atoms with van der Waals surface area (Å²) in [6, 6.07) is 4.42. The molecule has 1 N–H and O–H groups in total. The first-order chi connectivity index (χ1) is 8.59. The van der Waals surface area contributed by atoms with Crippen molar-refractivity contribution in [3.63, 3.8) is 0 Å². The molecular weight excluding hydrogens is 222 g/mol. The van der Waals surface area contributed by atoms with Crippen LogP contribution < -0.4 is 5.32 Å². The fourth-order valence-corrected chi connectivity index (χ4v) is 2.14. The highest BCUT2D eigenvalue weighted by atomic mass is 16.3. The highest BCUT2D eigenvalue weighted by Crippen LogP contribution is 2.15. The van der Waals surface area contributed by atoms with Gasteiger partial charge in [-0.15, -0.1) is 0 Å². The van der Waals surface area contributed by atoms with Gasteiger partial charge in [-0.3, -0.25) is 0 Å². The second-order valence-electron chi connectivity index (χ2n) is 5.72. The van der Waals surface area contributed by atoms with Crippen LogP contribution in [0.2, 0.25) is 0 Å². The average molecular weight is 251 g/mol. The van der Waals surface area contributed by atoms with Gasteiger partial charge >= 0.3 is 0 Å². The summed E-state index contributed by atoms with van der Waals surface area (Å²) < 4.78 is 5.60. The van der Waals surface area contributed by atoms with Crippen LogP contribution in [0.3, 0.4) is 0 Å². The van der Waals surface area contributed by atoms with E-state index in [1.807, 2.05) is 13.0 Å². The summed E-state index contributed by atoms with van der Waals surface area (Å²) in [5.41, 5.74) is 0. The smallest absolute Gasteiger partial charge is 0.120 e. The molecular formula is C16H29NO. The monoisotopic (exact) mass is 251 g/mol. The minimum absolute atomic E-state index is 0.328. The number of nitrogens with one attached hydrogen (secondary N) is 1. The van der Waals surface area contributed by atoms with Gasteiger partial charge in [0.2, 0.25) is 0 Å². The second-order valence-corrected chi connectivity index (χ2v) is 5.72. The van der Waals surface area contributed by atoms with Crippen LogP contribution in [0.15, 0.2) is 16.5 Å². The molecule has 0 bridgehead atoms. The number of rotatable bonds is 9. The zero-order chi connectivity index (χ0) is 13.4. The summed E-state index contributed by atoms with van der Waals surface area (Å²) in [7, 11) is 0. The summed E-state index contributed by atoms with van der Waals surface area (Å²) >= 11 is 0. The van der Waals surface area contributed by atoms with E-state index < -0.39 is 0 Å². The van der Waals surface area contributed by atoms with E-state index in [0.717, 1.165) is 24.0 Å². The maximum absolute atomic E-state index is 5.60. The van der Waals surface area contributed by atoms with Gasteiger partial charge in [0.25, 0.3) is 0 Å². The van der Waals surface area contributed by atoms with Crippen molar-refractivity contribution in [2.75, 3.05) is 6.54 Å². The first-order valence-corrected chi connectivity index (χ1v) is 7.39. The van der Waals surface area contributed by atoms with Gasteiger partial charge in [0, 0.05) is 0 Å². The Morgan fingerprint density at radius 3 is 2.39 bits per heavy atom. The summed E-state index contributed by atoms with van der Waals surface area (Å²) in [5, 5.41) is 3.52. The Labute approximate surface area is 112 Å². The normalized spacial score (nSPS) is 13.2. The van der Waals surface area contributed by atoms with Crippen molar-refractivity contribution in [3.05, 3.63) is 23.7 Å². The van der Waals surface area contributed by atoms with Gasteiger partial charge in [0.15, 0.2) is 0 Å². The Hall–Kier alpha value is -0.760. The summed E-state index contributed by atoms with van der Waals surface area (Å²) in [5.74, 6) is 2.89. The lowest BCUT2D eigenvalue weighted by molar-refractivity contribution is 0.411. The second kappa shape index (κ2) is 8.36. The van der Waals surface area contributed by atoms with Crippen molar-refractivity contribution in [1.82, 2.24) is 5.32 Å². The van der Waals surface area contributed by atoms with E-state index in [-0.39, 0.29) is 0 Å². The highest BCUT2D eigenvalue weighted by molar-refractivity contribution is 5.08. The molecule has 0 amide bonds. The molecule has 104 valence electrons. The number of hydrogen-bond acceptors (Lipinski definition) is 2. The topological polar surface area (TPSA) is 25.2 Å². The Kier molecular flexibility index (Phi) is 7.11. The lowest BCUT2D eigenvalue weighted by Gasteiger charge is -2.11. The first-order valence-electron chi connectivity index (χ1n) is 7.39. The molecule has 0 aliphatic carbocycles. The lowest BCUT2D eigenvalue weighted by atomic mass is 10.0. The lowest BCUT2D eigenvalue weighted by Crippen LogP contribution is -2.19. The summed E-state index contributed by atoms with van der Waals surface area (Å²) in [6.45, 7) is 9.84. The highest BCUT2D eigenvalue weighted by Gasteiger charge is 2.07. The molecule has 2 nitrogen and oxygen atoms in total. The molecule has 0 spiro atoms. The molecule has 0 radical (unpaired) electrons. The van der Waals surface area contributed by atoms with Crippen LogP contribution in [0.25, 0.3) is 0 Å². The molecule has 1 aromatic heterocycles. The Morgan fingerprint density at radius 1 is 1.06 bits per heavy atom. The first kappa shape index (κ1) is 15.3. The fraction of sp³-hybridized carbons (Fsp3) is 0.750. The maximum Gasteiger partial charge on any atom is 0.120 e. The summed E-state index contributed by atoms with van der Waals surface area (Å²) in [6.07, 6.45) is 6.72. The predicted molar refractivity (Wildman–Crippen MR) is 77.8 cm³/mol. The molecule has 1 rings (SSSR count). The quantitative estimate of drug-likeness (QED) is 0.635. The summed E-state index contributed by atoms with van der Waals surface area (Å²) in [4.78, 5) is 0. The van der Waals surface area contributed by atoms with Gasteiger partial charge in [-0.25, -0.2) is 0 Å². The minimum atomic E-state index is 0.328. The third-order valence-electron chi connectivity index (χ3n) is 3.35. The Bertz CT molecular complexity index is 317. The van der Waals surface area contributed by atoms with Crippen molar-refractivity contribution >= 4 is 0 Å². The van der Waals surface area contributed by atoms with E-state index in [1.165, 1.54) is 32.1 Å².